The molecule has 0 radical (unpaired) electrons. The largest absolute Gasteiger partial charge is 0.307 e. The summed E-state index contributed by atoms with van der Waals surface area (Å²) in [5, 5.41) is 7.98. The molecule has 0 saturated heterocycles. The van der Waals surface area contributed by atoms with Crippen LogP contribution in [-0.2, 0) is 0 Å². The van der Waals surface area contributed by atoms with Crippen LogP contribution in [0.5, 0.6) is 0 Å². The molecule has 0 amide bonds. The fourth-order valence-electron chi connectivity index (χ4n) is 1.49. The highest BCUT2D eigenvalue weighted by atomic mass is 32.1. The van der Waals surface area contributed by atoms with E-state index in [2.05, 4.69) is 36.0 Å². The second-order valence-corrected chi connectivity index (χ2v) is 4.54. The van der Waals surface area contributed by atoms with E-state index in [0.29, 0.717) is 6.04 Å². The van der Waals surface area contributed by atoms with Crippen molar-refractivity contribution < 1.29 is 0 Å². The molecule has 66 valence electrons. The van der Waals surface area contributed by atoms with Gasteiger partial charge >= 0.3 is 0 Å². The summed E-state index contributed by atoms with van der Waals surface area (Å²) in [6, 6.07) is 3.51. The third kappa shape index (κ3) is 1.70. The average Bonchev–Trinajstić information content (AvgIpc) is 2.58. The molecule has 1 unspecified atom stereocenters. The Morgan fingerprint density at radius 2 is 2.42 bits per heavy atom. The molecule has 1 saturated carbocycles. The molecule has 1 fully saturated rings. The van der Waals surface area contributed by atoms with Gasteiger partial charge in [0, 0.05) is 12.1 Å². The normalized spacial score (nSPS) is 30.2. The maximum atomic E-state index is 3.61. The van der Waals surface area contributed by atoms with Gasteiger partial charge in [-0.25, -0.2) is 0 Å². The number of thiophene rings is 1. The van der Waals surface area contributed by atoms with Crippen molar-refractivity contribution in [3.63, 3.8) is 0 Å². The zero-order valence-corrected chi connectivity index (χ0v) is 8.40. The number of hydrogen-bond donors (Lipinski definition) is 1. The minimum Gasteiger partial charge on any atom is -0.307 e. The monoisotopic (exact) mass is 181 g/mol. The summed E-state index contributed by atoms with van der Waals surface area (Å²) in [5.41, 5.74) is 1.43. The van der Waals surface area contributed by atoms with Crippen molar-refractivity contribution in [3.05, 3.63) is 22.4 Å². The predicted octanol–water partition coefficient (Wildman–Crippen LogP) is 2.81. The Morgan fingerprint density at radius 1 is 1.67 bits per heavy atom. The molecule has 0 aliphatic heterocycles. The van der Waals surface area contributed by atoms with Crippen LogP contribution >= 0.6 is 11.3 Å². The summed E-state index contributed by atoms with van der Waals surface area (Å²) in [5.74, 6) is 0.895. The molecule has 1 aromatic heterocycles. The van der Waals surface area contributed by atoms with Crippen molar-refractivity contribution >= 4 is 11.3 Å². The summed E-state index contributed by atoms with van der Waals surface area (Å²) in [6.45, 7) is 4.55. The standard InChI is InChI=1S/C10H15NS/c1-7-5-10(7)11-8(2)9-3-4-12-6-9/h3-4,6-8,10-11H,5H2,1-2H3/t7-,8?,10-/m1/s1. The SMILES string of the molecule is CC(N[C@@H]1C[C@H]1C)c1ccsc1. The molecule has 1 aliphatic carbocycles. The fourth-order valence-corrected chi connectivity index (χ4v) is 2.25. The highest BCUT2D eigenvalue weighted by Crippen LogP contribution is 2.31. The second-order valence-electron chi connectivity index (χ2n) is 3.76. The highest BCUT2D eigenvalue weighted by Gasteiger charge is 2.33. The molecule has 1 heterocycles. The first-order chi connectivity index (χ1) is 5.77. The van der Waals surface area contributed by atoms with E-state index in [1.54, 1.807) is 11.3 Å². The van der Waals surface area contributed by atoms with Gasteiger partial charge in [0.2, 0.25) is 0 Å². The van der Waals surface area contributed by atoms with Crippen molar-refractivity contribution in [2.45, 2.75) is 32.4 Å². The quantitative estimate of drug-likeness (QED) is 0.756. The topological polar surface area (TPSA) is 12.0 Å². The molecule has 12 heavy (non-hydrogen) atoms. The van der Waals surface area contributed by atoms with Crippen LogP contribution in [0.15, 0.2) is 16.8 Å². The third-order valence-corrected chi connectivity index (χ3v) is 3.32. The first-order valence-electron chi connectivity index (χ1n) is 4.55. The first-order valence-corrected chi connectivity index (χ1v) is 5.50. The zero-order chi connectivity index (χ0) is 8.55. The minimum atomic E-state index is 0.534. The molecule has 2 heteroatoms. The van der Waals surface area contributed by atoms with Gasteiger partial charge in [0.05, 0.1) is 0 Å². The van der Waals surface area contributed by atoms with Crippen LogP contribution in [-0.4, -0.2) is 6.04 Å². The summed E-state index contributed by atoms with van der Waals surface area (Å²) in [6.07, 6.45) is 1.36. The smallest absolute Gasteiger partial charge is 0.0302 e. The van der Waals surface area contributed by atoms with Crippen molar-refractivity contribution in [2.24, 2.45) is 5.92 Å². The molecular formula is C10H15NS. The lowest BCUT2D eigenvalue weighted by Gasteiger charge is -2.11. The van der Waals surface area contributed by atoms with E-state index >= 15 is 0 Å². The Morgan fingerprint density at radius 3 is 2.92 bits per heavy atom. The van der Waals surface area contributed by atoms with Crippen molar-refractivity contribution in [2.75, 3.05) is 0 Å². The summed E-state index contributed by atoms with van der Waals surface area (Å²) < 4.78 is 0. The van der Waals surface area contributed by atoms with Crippen LogP contribution in [0.3, 0.4) is 0 Å². The van der Waals surface area contributed by atoms with E-state index in [-0.39, 0.29) is 0 Å². The van der Waals surface area contributed by atoms with Gasteiger partial charge in [-0.05, 0) is 41.7 Å². The van der Waals surface area contributed by atoms with E-state index in [9.17, 15) is 0 Å². The molecule has 0 spiro atoms. The Labute approximate surface area is 77.8 Å². The molecular weight excluding hydrogens is 166 g/mol. The lowest BCUT2D eigenvalue weighted by molar-refractivity contribution is 0.553. The van der Waals surface area contributed by atoms with Gasteiger partial charge in [-0.3, -0.25) is 0 Å². The number of hydrogen-bond acceptors (Lipinski definition) is 2. The minimum absolute atomic E-state index is 0.534. The molecule has 1 nitrogen and oxygen atoms in total. The predicted molar refractivity (Wildman–Crippen MR) is 53.4 cm³/mol. The van der Waals surface area contributed by atoms with Gasteiger partial charge in [0.1, 0.15) is 0 Å². The Kier molecular flexibility index (Phi) is 2.20. The van der Waals surface area contributed by atoms with E-state index < -0.39 is 0 Å². The van der Waals surface area contributed by atoms with E-state index in [0.717, 1.165) is 12.0 Å². The highest BCUT2D eigenvalue weighted by molar-refractivity contribution is 7.07. The third-order valence-electron chi connectivity index (χ3n) is 2.62. The Bertz CT molecular complexity index is 242. The van der Waals surface area contributed by atoms with Gasteiger partial charge in [-0.1, -0.05) is 6.92 Å². The van der Waals surface area contributed by atoms with Gasteiger partial charge < -0.3 is 5.32 Å². The van der Waals surface area contributed by atoms with E-state index in [1.807, 2.05) is 0 Å². The zero-order valence-electron chi connectivity index (χ0n) is 7.58. The van der Waals surface area contributed by atoms with Crippen LogP contribution < -0.4 is 5.32 Å². The molecule has 0 aromatic carbocycles. The Hall–Kier alpha value is -0.340. The summed E-state index contributed by atoms with van der Waals surface area (Å²) in [4.78, 5) is 0. The maximum absolute atomic E-state index is 3.61. The van der Waals surface area contributed by atoms with Gasteiger partial charge in [-0.15, -0.1) is 0 Å². The number of rotatable bonds is 3. The molecule has 0 bridgehead atoms. The van der Waals surface area contributed by atoms with Crippen molar-refractivity contribution in [1.29, 1.82) is 0 Å². The average molecular weight is 181 g/mol. The van der Waals surface area contributed by atoms with Crippen LogP contribution in [0.25, 0.3) is 0 Å². The molecule has 1 aliphatic rings. The van der Waals surface area contributed by atoms with Crippen LogP contribution in [0.2, 0.25) is 0 Å². The van der Waals surface area contributed by atoms with Crippen LogP contribution in [0.1, 0.15) is 31.9 Å². The fraction of sp³-hybridized carbons (Fsp3) is 0.600. The summed E-state index contributed by atoms with van der Waals surface area (Å²) >= 11 is 1.78. The van der Waals surface area contributed by atoms with Crippen LogP contribution in [0, 0.1) is 5.92 Å². The maximum Gasteiger partial charge on any atom is 0.0302 e. The van der Waals surface area contributed by atoms with Gasteiger partial charge in [0.15, 0.2) is 0 Å². The summed E-state index contributed by atoms with van der Waals surface area (Å²) in [7, 11) is 0. The van der Waals surface area contributed by atoms with E-state index in [4.69, 9.17) is 0 Å². The van der Waals surface area contributed by atoms with E-state index in [1.165, 1.54) is 12.0 Å². The first kappa shape index (κ1) is 8.27. The van der Waals surface area contributed by atoms with Crippen molar-refractivity contribution in [3.8, 4) is 0 Å². The Balaban J connectivity index is 1.89. The lowest BCUT2D eigenvalue weighted by Crippen LogP contribution is -2.21. The molecule has 1 N–H and O–H groups in total. The second kappa shape index (κ2) is 3.19. The van der Waals surface area contributed by atoms with Gasteiger partial charge in [-0.2, -0.15) is 11.3 Å². The van der Waals surface area contributed by atoms with Crippen LogP contribution in [0.4, 0.5) is 0 Å². The van der Waals surface area contributed by atoms with Gasteiger partial charge in [0.25, 0.3) is 0 Å². The van der Waals surface area contributed by atoms with Crippen molar-refractivity contribution in [1.82, 2.24) is 5.32 Å². The lowest BCUT2D eigenvalue weighted by atomic mass is 10.2. The molecule has 3 atom stereocenters. The number of nitrogens with one attached hydrogen (secondary N) is 1. The molecule has 1 aromatic rings. The molecule has 2 rings (SSSR count).